The molecule has 0 aliphatic carbocycles. The molecule has 0 aliphatic rings. The van der Waals surface area contributed by atoms with Gasteiger partial charge in [0.15, 0.2) is 5.96 Å². The van der Waals surface area contributed by atoms with Gasteiger partial charge in [0, 0.05) is 19.6 Å². The summed E-state index contributed by atoms with van der Waals surface area (Å²) >= 11 is 0. The van der Waals surface area contributed by atoms with E-state index >= 15 is 0 Å². The molecule has 0 bridgehead atoms. The Hall–Kier alpha value is -0.820. The predicted octanol–water partition coefficient (Wildman–Crippen LogP) is 3.30. The van der Waals surface area contributed by atoms with Crippen LogP contribution < -0.4 is 5.73 Å². The van der Waals surface area contributed by atoms with Gasteiger partial charge in [0.2, 0.25) is 0 Å². The van der Waals surface area contributed by atoms with Crippen molar-refractivity contribution >= 4 is 29.9 Å². The molecule has 0 amide bonds. The van der Waals surface area contributed by atoms with Crippen molar-refractivity contribution < 1.29 is 0 Å². The summed E-state index contributed by atoms with van der Waals surface area (Å²) in [5.74, 6) is 0.637. The van der Waals surface area contributed by atoms with E-state index < -0.39 is 0 Å². The van der Waals surface area contributed by atoms with Crippen LogP contribution in [-0.4, -0.2) is 41.9 Å². The molecule has 0 heterocycles. The van der Waals surface area contributed by atoms with Gasteiger partial charge in [0.1, 0.15) is 0 Å². The Morgan fingerprint density at radius 2 is 1.50 bits per heavy atom. The normalized spacial score (nSPS) is 11.4. The zero-order valence-electron chi connectivity index (χ0n) is 14.4. The number of rotatable bonds is 8. The Morgan fingerprint density at radius 1 is 0.955 bits per heavy atom. The third kappa shape index (κ3) is 6.52. The maximum atomic E-state index is 6.06. The van der Waals surface area contributed by atoms with Crippen molar-refractivity contribution in [1.29, 1.82) is 0 Å². The van der Waals surface area contributed by atoms with E-state index in [1.54, 1.807) is 0 Å². The van der Waals surface area contributed by atoms with E-state index in [1.807, 2.05) is 0 Å². The van der Waals surface area contributed by atoms with Crippen LogP contribution in [0.1, 0.15) is 38.8 Å². The summed E-state index contributed by atoms with van der Waals surface area (Å²) in [5.41, 5.74) is 8.66. The first kappa shape index (κ1) is 21.2. The van der Waals surface area contributed by atoms with Crippen molar-refractivity contribution in [1.82, 2.24) is 9.80 Å². The number of aliphatic imine (C=N–C) groups is 1. The Labute approximate surface area is 152 Å². The molecule has 5 heteroatoms. The summed E-state index contributed by atoms with van der Waals surface area (Å²) < 4.78 is 0. The number of nitrogens with zero attached hydrogens (tertiary/aromatic N) is 3. The quantitative estimate of drug-likeness (QED) is 0.400. The lowest BCUT2D eigenvalue weighted by Gasteiger charge is -2.21. The van der Waals surface area contributed by atoms with E-state index in [1.165, 1.54) is 11.1 Å². The van der Waals surface area contributed by atoms with Crippen LogP contribution in [0.25, 0.3) is 0 Å². The van der Waals surface area contributed by atoms with Gasteiger partial charge in [-0.15, -0.1) is 24.0 Å². The van der Waals surface area contributed by atoms with Crippen molar-refractivity contribution in [2.24, 2.45) is 10.7 Å². The maximum absolute atomic E-state index is 6.06. The van der Waals surface area contributed by atoms with E-state index in [0.717, 1.165) is 32.7 Å². The minimum Gasteiger partial charge on any atom is -0.370 e. The summed E-state index contributed by atoms with van der Waals surface area (Å²) in [4.78, 5) is 9.05. The molecule has 0 radical (unpaired) electrons. The molecule has 0 aromatic heterocycles. The summed E-state index contributed by atoms with van der Waals surface area (Å²) in [6.45, 7) is 14.1. The van der Waals surface area contributed by atoms with Crippen LogP contribution in [0.2, 0.25) is 0 Å². The van der Waals surface area contributed by atoms with Gasteiger partial charge in [-0.3, -0.25) is 4.90 Å². The molecule has 2 N–H and O–H groups in total. The minimum atomic E-state index is 0. The molecule has 0 saturated carbocycles. The van der Waals surface area contributed by atoms with E-state index in [9.17, 15) is 0 Å². The number of hydrogen-bond donors (Lipinski definition) is 1. The second-order valence-electron chi connectivity index (χ2n) is 5.08. The molecule has 0 atom stereocenters. The van der Waals surface area contributed by atoms with Crippen molar-refractivity contribution in [3.63, 3.8) is 0 Å². The fourth-order valence-electron chi connectivity index (χ4n) is 2.37. The lowest BCUT2D eigenvalue weighted by atomic mass is 10.1. The van der Waals surface area contributed by atoms with Crippen LogP contribution in [-0.2, 0) is 13.1 Å². The Bertz CT molecular complexity index is 440. The van der Waals surface area contributed by atoms with Gasteiger partial charge in [0.05, 0.1) is 6.54 Å². The first-order valence-corrected chi connectivity index (χ1v) is 8.00. The minimum absolute atomic E-state index is 0. The largest absolute Gasteiger partial charge is 0.370 e. The molecular weight excluding hydrogens is 387 g/mol. The Morgan fingerprint density at radius 3 is 2.00 bits per heavy atom. The highest BCUT2D eigenvalue weighted by molar-refractivity contribution is 14.0. The molecule has 1 aromatic rings. The van der Waals surface area contributed by atoms with Crippen LogP contribution in [0.4, 0.5) is 0 Å². The SMILES string of the molecule is CCN(CC)Cc1ccccc1CN=C(N)N(CC)CC.I. The Balaban J connectivity index is 0.00000441. The van der Waals surface area contributed by atoms with Gasteiger partial charge in [-0.25, -0.2) is 4.99 Å². The van der Waals surface area contributed by atoms with E-state index in [2.05, 4.69) is 66.8 Å². The summed E-state index contributed by atoms with van der Waals surface area (Å²) in [6.07, 6.45) is 0. The second-order valence-corrected chi connectivity index (χ2v) is 5.08. The van der Waals surface area contributed by atoms with Crippen LogP contribution >= 0.6 is 24.0 Å². The van der Waals surface area contributed by atoms with Gasteiger partial charge in [0.25, 0.3) is 0 Å². The molecule has 4 nitrogen and oxygen atoms in total. The highest BCUT2D eigenvalue weighted by Gasteiger charge is 2.07. The topological polar surface area (TPSA) is 44.9 Å². The lowest BCUT2D eigenvalue weighted by Crippen LogP contribution is -2.37. The molecule has 1 rings (SSSR count). The zero-order valence-corrected chi connectivity index (χ0v) is 16.7. The zero-order chi connectivity index (χ0) is 15.7. The summed E-state index contributed by atoms with van der Waals surface area (Å²) in [6, 6.07) is 8.51. The summed E-state index contributed by atoms with van der Waals surface area (Å²) in [7, 11) is 0. The molecule has 1 aromatic carbocycles. The van der Waals surface area contributed by atoms with Crippen LogP contribution in [0.5, 0.6) is 0 Å². The monoisotopic (exact) mass is 418 g/mol. The van der Waals surface area contributed by atoms with Gasteiger partial charge < -0.3 is 10.6 Å². The molecule has 0 spiro atoms. The standard InChI is InChI=1S/C17H30N4.HI/c1-5-20(6-2)14-16-12-10-9-11-15(16)13-19-17(18)21(7-3)8-4;/h9-12H,5-8,13-14H2,1-4H3,(H2,18,19);1H. The summed E-state index contributed by atoms with van der Waals surface area (Å²) in [5, 5.41) is 0. The maximum Gasteiger partial charge on any atom is 0.191 e. The van der Waals surface area contributed by atoms with E-state index in [-0.39, 0.29) is 24.0 Å². The van der Waals surface area contributed by atoms with E-state index in [0.29, 0.717) is 12.5 Å². The van der Waals surface area contributed by atoms with Crippen LogP contribution in [0.3, 0.4) is 0 Å². The smallest absolute Gasteiger partial charge is 0.191 e. The number of benzene rings is 1. The van der Waals surface area contributed by atoms with Gasteiger partial charge in [-0.2, -0.15) is 0 Å². The van der Waals surface area contributed by atoms with Crippen LogP contribution in [0, 0.1) is 0 Å². The molecule has 22 heavy (non-hydrogen) atoms. The lowest BCUT2D eigenvalue weighted by molar-refractivity contribution is 0.295. The number of halogens is 1. The van der Waals surface area contributed by atoms with Crippen molar-refractivity contribution in [2.45, 2.75) is 40.8 Å². The molecule has 0 saturated heterocycles. The molecule has 0 unspecified atom stereocenters. The molecule has 126 valence electrons. The van der Waals surface area contributed by atoms with Crippen molar-refractivity contribution in [2.75, 3.05) is 26.2 Å². The highest BCUT2D eigenvalue weighted by atomic mass is 127. The molecule has 0 aliphatic heterocycles. The number of hydrogen-bond acceptors (Lipinski definition) is 2. The van der Waals surface area contributed by atoms with Gasteiger partial charge >= 0.3 is 0 Å². The number of guanidine groups is 1. The van der Waals surface area contributed by atoms with Gasteiger partial charge in [-0.1, -0.05) is 38.1 Å². The third-order valence-corrected chi connectivity index (χ3v) is 3.91. The highest BCUT2D eigenvalue weighted by Crippen LogP contribution is 2.13. The fraction of sp³-hybridized carbons (Fsp3) is 0.588. The average molecular weight is 418 g/mol. The Kier molecular flexibility index (Phi) is 11.3. The first-order valence-electron chi connectivity index (χ1n) is 8.00. The molecular formula is C17H31IN4. The van der Waals surface area contributed by atoms with Crippen LogP contribution in [0.15, 0.2) is 29.3 Å². The van der Waals surface area contributed by atoms with Crippen molar-refractivity contribution in [3.8, 4) is 0 Å². The fourth-order valence-corrected chi connectivity index (χ4v) is 2.37. The average Bonchev–Trinajstić information content (AvgIpc) is 2.52. The van der Waals surface area contributed by atoms with E-state index in [4.69, 9.17) is 5.73 Å². The van der Waals surface area contributed by atoms with Crippen molar-refractivity contribution in [3.05, 3.63) is 35.4 Å². The number of nitrogens with two attached hydrogens (primary N) is 1. The first-order chi connectivity index (χ1) is 10.2. The third-order valence-electron chi connectivity index (χ3n) is 3.91. The molecule has 0 fully saturated rings. The predicted molar refractivity (Wildman–Crippen MR) is 107 cm³/mol. The van der Waals surface area contributed by atoms with Gasteiger partial charge in [-0.05, 0) is 38.1 Å². The second kappa shape index (κ2) is 11.7.